The van der Waals surface area contributed by atoms with E-state index >= 15 is 0 Å². The molecule has 1 saturated carbocycles. The molecular formula is C16H23NO2. The van der Waals surface area contributed by atoms with Gasteiger partial charge in [-0.05, 0) is 37.0 Å². The first-order valence-electron chi connectivity index (χ1n) is 7.04. The third-order valence-electron chi connectivity index (χ3n) is 4.00. The lowest BCUT2D eigenvalue weighted by Crippen LogP contribution is -2.37. The van der Waals surface area contributed by atoms with Crippen LogP contribution in [0.25, 0.3) is 0 Å². The van der Waals surface area contributed by atoms with Gasteiger partial charge in [0.25, 0.3) is 0 Å². The lowest BCUT2D eigenvalue weighted by molar-refractivity contribution is -0.132. The van der Waals surface area contributed by atoms with E-state index in [0.29, 0.717) is 0 Å². The summed E-state index contributed by atoms with van der Waals surface area (Å²) >= 11 is 0. The first-order chi connectivity index (χ1) is 9.14. The molecular weight excluding hydrogens is 238 g/mol. The summed E-state index contributed by atoms with van der Waals surface area (Å²) in [5.74, 6) is 1.11. The Bertz CT molecular complexity index is 435. The summed E-state index contributed by atoms with van der Waals surface area (Å²) in [6.45, 7) is 3.00. The van der Waals surface area contributed by atoms with E-state index in [0.717, 1.165) is 43.5 Å². The SMILES string of the molecule is CCCCN(C)C(=O)C1(c2ccc(OC)cc2)CC1. The Kier molecular flexibility index (Phi) is 4.13. The van der Waals surface area contributed by atoms with Crippen LogP contribution in [0.4, 0.5) is 0 Å². The van der Waals surface area contributed by atoms with E-state index in [2.05, 4.69) is 6.92 Å². The average Bonchev–Trinajstić information content (AvgIpc) is 3.25. The van der Waals surface area contributed by atoms with Crippen molar-refractivity contribution in [3.63, 3.8) is 0 Å². The van der Waals surface area contributed by atoms with Crippen LogP contribution in [0, 0.1) is 0 Å². The van der Waals surface area contributed by atoms with Gasteiger partial charge >= 0.3 is 0 Å². The molecule has 1 amide bonds. The number of hydrogen-bond donors (Lipinski definition) is 0. The molecule has 0 saturated heterocycles. The van der Waals surface area contributed by atoms with Gasteiger partial charge in [-0.3, -0.25) is 4.79 Å². The fourth-order valence-corrected chi connectivity index (χ4v) is 2.52. The van der Waals surface area contributed by atoms with Gasteiger partial charge in [-0.1, -0.05) is 25.5 Å². The van der Waals surface area contributed by atoms with Gasteiger partial charge in [-0.25, -0.2) is 0 Å². The van der Waals surface area contributed by atoms with E-state index in [1.807, 2.05) is 36.2 Å². The second-order valence-corrected chi connectivity index (χ2v) is 5.39. The molecule has 1 aliphatic carbocycles. The Hall–Kier alpha value is -1.51. The van der Waals surface area contributed by atoms with Crippen LogP contribution in [0.15, 0.2) is 24.3 Å². The van der Waals surface area contributed by atoms with Crippen LogP contribution in [0.2, 0.25) is 0 Å². The molecule has 0 aliphatic heterocycles. The molecule has 1 fully saturated rings. The van der Waals surface area contributed by atoms with Crippen molar-refractivity contribution in [3.8, 4) is 5.75 Å². The van der Waals surface area contributed by atoms with Crippen LogP contribution in [0.1, 0.15) is 38.2 Å². The number of hydrogen-bond acceptors (Lipinski definition) is 2. The monoisotopic (exact) mass is 261 g/mol. The Morgan fingerprint density at radius 1 is 1.32 bits per heavy atom. The predicted octanol–water partition coefficient (Wildman–Crippen LogP) is 2.99. The van der Waals surface area contributed by atoms with E-state index in [1.165, 1.54) is 0 Å². The maximum atomic E-state index is 12.6. The molecule has 0 spiro atoms. The zero-order valence-corrected chi connectivity index (χ0v) is 12.1. The van der Waals surface area contributed by atoms with Gasteiger partial charge in [-0.15, -0.1) is 0 Å². The van der Waals surface area contributed by atoms with E-state index < -0.39 is 0 Å². The highest BCUT2D eigenvalue weighted by atomic mass is 16.5. The normalized spacial score (nSPS) is 15.9. The van der Waals surface area contributed by atoms with Crippen molar-refractivity contribution in [2.45, 2.75) is 38.0 Å². The predicted molar refractivity (Wildman–Crippen MR) is 76.5 cm³/mol. The smallest absolute Gasteiger partial charge is 0.232 e. The topological polar surface area (TPSA) is 29.5 Å². The number of ether oxygens (including phenoxy) is 1. The number of carbonyl (C=O) groups is 1. The van der Waals surface area contributed by atoms with Gasteiger partial charge in [0.05, 0.1) is 12.5 Å². The molecule has 0 radical (unpaired) electrons. The molecule has 3 nitrogen and oxygen atoms in total. The van der Waals surface area contributed by atoms with E-state index in [-0.39, 0.29) is 11.3 Å². The second kappa shape index (κ2) is 5.64. The van der Waals surface area contributed by atoms with Crippen molar-refractivity contribution in [1.82, 2.24) is 4.90 Å². The van der Waals surface area contributed by atoms with Crippen LogP contribution >= 0.6 is 0 Å². The standard InChI is InChI=1S/C16H23NO2/c1-4-5-12-17(2)15(18)16(10-11-16)13-6-8-14(19-3)9-7-13/h6-9H,4-5,10-12H2,1-3H3. The van der Waals surface area contributed by atoms with Crippen LogP contribution in [-0.2, 0) is 10.2 Å². The molecule has 0 aromatic heterocycles. The molecule has 0 bridgehead atoms. The highest BCUT2D eigenvalue weighted by Gasteiger charge is 2.52. The van der Waals surface area contributed by atoms with Crippen LogP contribution < -0.4 is 4.74 Å². The zero-order chi connectivity index (χ0) is 13.9. The van der Waals surface area contributed by atoms with Gasteiger partial charge in [0.2, 0.25) is 5.91 Å². The summed E-state index contributed by atoms with van der Waals surface area (Å²) < 4.78 is 5.17. The first kappa shape index (κ1) is 13.9. The minimum absolute atomic E-state index is 0.255. The number of unbranched alkanes of at least 4 members (excludes halogenated alkanes) is 1. The van der Waals surface area contributed by atoms with E-state index in [1.54, 1.807) is 7.11 Å². The Morgan fingerprint density at radius 3 is 2.42 bits per heavy atom. The highest BCUT2D eigenvalue weighted by molar-refractivity contribution is 5.91. The van der Waals surface area contributed by atoms with Gasteiger partial charge < -0.3 is 9.64 Å². The molecule has 0 atom stereocenters. The molecule has 1 aromatic rings. The number of rotatable bonds is 6. The molecule has 3 heteroatoms. The van der Waals surface area contributed by atoms with Gasteiger partial charge in [-0.2, -0.15) is 0 Å². The number of methoxy groups -OCH3 is 1. The molecule has 1 aliphatic rings. The number of benzene rings is 1. The van der Waals surface area contributed by atoms with Crippen LogP contribution in [0.5, 0.6) is 5.75 Å². The van der Waals surface area contributed by atoms with E-state index in [9.17, 15) is 4.79 Å². The van der Waals surface area contributed by atoms with Crippen LogP contribution in [0.3, 0.4) is 0 Å². The quantitative estimate of drug-likeness (QED) is 0.788. The largest absolute Gasteiger partial charge is 0.497 e. The summed E-state index contributed by atoms with van der Waals surface area (Å²) in [5.41, 5.74) is 0.871. The number of carbonyl (C=O) groups excluding carboxylic acids is 1. The Morgan fingerprint density at radius 2 is 1.95 bits per heavy atom. The molecule has 0 unspecified atom stereocenters. The summed E-state index contributed by atoms with van der Waals surface area (Å²) in [6.07, 6.45) is 4.12. The minimum Gasteiger partial charge on any atom is -0.497 e. The fourth-order valence-electron chi connectivity index (χ4n) is 2.52. The first-order valence-corrected chi connectivity index (χ1v) is 7.04. The molecule has 0 N–H and O–H groups in total. The summed E-state index contributed by atoms with van der Waals surface area (Å²) in [4.78, 5) is 14.5. The average molecular weight is 261 g/mol. The molecule has 1 aromatic carbocycles. The lowest BCUT2D eigenvalue weighted by Gasteiger charge is -2.24. The van der Waals surface area contributed by atoms with Crippen molar-refractivity contribution in [1.29, 1.82) is 0 Å². The maximum absolute atomic E-state index is 12.6. The number of amides is 1. The molecule has 0 heterocycles. The van der Waals surface area contributed by atoms with Gasteiger partial charge in [0.1, 0.15) is 5.75 Å². The Labute approximate surface area is 115 Å². The highest BCUT2D eigenvalue weighted by Crippen LogP contribution is 2.49. The summed E-state index contributed by atoms with van der Waals surface area (Å²) in [5, 5.41) is 0. The minimum atomic E-state index is -0.255. The molecule has 19 heavy (non-hydrogen) atoms. The lowest BCUT2D eigenvalue weighted by atomic mass is 9.94. The number of nitrogens with zero attached hydrogens (tertiary/aromatic N) is 1. The van der Waals surface area contributed by atoms with Crippen molar-refractivity contribution >= 4 is 5.91 Å². The second-order valence-electron chi connectivity index (χ2n) is 5.39. The van der Waals surface area contributed by atoms with Gasteiger partial charge in [0.15, 0.2) is 0 Å². The fraction of sp³-hybridized carbons (Fsp3) is 0.562. The molecule has 2 rings (SSSR count). The van der Waals surface area contributed by atoms with Crippen molar-refractivity contribution < 1.29 is 9.53 Å². The zero-order valence-electron chi connectivity index (χ0n) is 12.1. The van der Waals surface area contributed by atoms with Gasteiger partial charge in [0, 0.05) is 13.6 Å². The Balaban J connectivity index is 2.11. The third kappa shape index (κ3) is 2.75. The number of likely N-dealkylation sites (N-methyl/N-ethyl adjacent to an activating group) is 1. The molecule has 104 valence electrons. The van der Waals surface area contributed by atoms with Crippen molar-refractivity contribution in [2.24, 2.45) is 0 Å². The van der Waals surface area contributed by atoms with Crippen LogP contribution in [-0.4, -0.2) is 31.5 Å². The van der Waals surface area contributed by atoms with Crippen molar-refractivity contribution in [3.05, 3.63) is 29.8 Å². The van der Waals surface area contributed by atoms with Crippen molar-refractivity contribution in [2.75, 3.05) is 20.7 Å². The maximum Gasteiger partial charge on any atom is 0.232 e. The summed E-state index contributed by atoms with van der Waals surface area (Å²) in [7, 11) is 3.58. The third-order valence-corrected chi connectivity index (χ3v) is 4.00. The van der Waals surface area contributed by atoms with E-state index in [4.69, 9.17) is 4.74 Å². The summed E-state index contributed by atoms with van der Waals surface area (Å²) in [6, 6.07) is 7.93.